The molecule has 1 aliphatic rings. The molecule has 2 heterocycles. The largest absolute Gasteiger partial charge is 0.503 e. The number of pyridine rings is 1. The fourth-order valence-corrected chi connectivity index (χ4v) is 3.21. The first-order valence-corrected chi connectivity index (χ1v) is 8.30. The van der Waals surface area contributed by atoms with E-state index in [0.29, 0.717) is 21.8 Å². The number of amides is 1. The summed E-state index contributed by atoms with van der Waals surface area (Å²) in [5, 5.41) is 10.9. The summed E-state index contributed by atoms with van der Waals surface area (Å²) >= 11 is 6.20. The molecule has 6 heteroatoms. The molecule has 0 aliphatic carbocycles. The van der Waals surface area contributed by atoms with Crippen molar-refractivity contribution in [2.75, 3.05) is 4.90 Å². The quantitative estimate of drug-likeness (QED) is 0.901. The number of hydrogen-bond acceptors (Lipinski definition) is 4. The second kappa shape index (κ2) is 6.69. The summed E-state index contributed by atoms with van der Waals surface area (Å²) < 4.78 is 0. The zero-order chi connectivity index (χ0) is 18.1. The number of halogens is 1. The minimum atomic E-state index is -0.731. The van der Waals surface area contributed by atoms with E-state index in [2.05, 4.69) is 4.98 Å². The summed E-state index contributed by atoms with van der Waals surface area (Å²) in [5.74, 6) is -1.40. The van der Waals surface area contributed by atoms with E-state index in [4.69, 9.17) is 11.6 Å². The Kier molecular flexibility index (Phi) is 4.59. The topological polar surface area (TPSA) is 70.5 Å². The number of aromatic nitrogens is 1. The predicted octanol–water partition coefficient (Wildman–Crippen LogP) is 3.92. The first-order chi connectivity index (χ1) is 12.0. The van der Waals surface area contributed by atoms with Crippen molar-refractivity contribution < 1.29 is 14.7 Å². The molecule has 1 aromatic heterocycles. The molecule has 0 saturated heterocycles. The fraction of sp³-hybridized carbons (Fsp3) is 0.211. The van der Waals surface area contributed by atoms with Crippen LogP contribution >= 0.6 is 11.6 Å². The molecule has 1 atom stereocenters. The molecule has 0 radical (unpaired) electrons. The molecular formula is C19H17ClN2O3. The Morgan fingerprint density at radius 2 is 2.08 bits per heavy atom. The fourth-order valence-electron chi connectivity index (χ4n) is 3.04. The normalized spacial score (nSPS) is 17.3. The number of rotatable bonds is 4. The number of Topliss-reactive ketones (excluding diaryl/α,β-unsaturated/α-hetero) is 1. The summed E-state index contributed by atoms with van der Waals surface area (Å²) in [5.41, 5.74) is 2.00. The lowest BCUT2D eigenvalue weighted by molar-refractivity contribution is -0.118. The summed E-state index contributed by atoms with van der Waals surface area (Å²) in [6, 6.07) is 7.98. The number of hydrogen-bond donors (Lipinski definition) is 1. The molecule has 0 saturated carbocycles. The maximum absolute atomic E-state index is 12.8. The van der Waals surface area contributed by atoms with Gasteiger partial charge in [-0.2, -0.15) is 0 Å². The van der Waals surface area contributed by atoms with Gasteiger partial charge in [-0.15, -0.1) is 0 Å². The van der Waals surface area contributed by atoms with Gasteiger partial charge < -0.3 is 5.11 Å². The van der Waals surface area contributed by atoms with Crippen LogP contribution in [0.3, 0.4) is 0 Å². The van der Waals surface area contributed by atoms with E-state index in [1.807, 2.05) is 0 Å². The number of anilines is 1. The van der Waals surface area contributed by atoms with Crippen molar-refractivity contribution in [3.63, 3.8) is 0 Å². The van der Waals surface area contributed by atoms with Crippen LogP contribution in [-0.4, -0.2) is 21.8 Å². The molecule has 25 heavy (non-hydrogen) atoms. The van der Waals surface area contributed by atoms with Gasteiger partial charge in [0.2, 0.25) is 0 Å². The Morgan fingerprint density at radius 1 is 1.32 bits per heavy atom. The highest BCUT2D eigenvalue weighted by Crippen LogP contribution is 2.42. The van der Waals surface area contributed by atoms with Crippen LogP contribution in [0.15, 0.2) is 54.1 Å². The zero-order valence-corrected chi connectivity index (χ0v) is 14.6. The monoisotopic (exact) mass is 356 g/mol. The molecule has 0 fully saturated rings. The van der Waals surface area contributed by atoms with E-state index in [1.165, 1.54) is 4.90 Å². The van der Waals surface area contributed by atoms with E-state index in [0.717, 1.165) is 0 Å². The first kappa shape index (κ1) is 17.2. The summed E-state index contributed by atoms with van der Waals surface area (Å²) in [6.45, 7) is 3.49. The second-order valence-electron chi connectivity index (χ2n) is 5.79. The molecular weight excluding hydrogens is 340 g/mol. The van der Waals surface area contributed by atoms with Crippen LogP contribution in [0.4, 0.5) is 5.69 Å². The van der Waals surface area contributed by atoms with Crippen molar-refractivity contribution in [3.05, 3.63) is 70.2 Å². The number of nitrogens with zero attached hydrogens (tertiary/aromatic N) is 2. The van der Waals surface area contributed by atoms with Crippen molar-refractivity contribution in [1.29, 1.82) is 0 Å². The van der Waals surface area contributed by atoms with Crippen molar-refractivity contribution in [3.8, 4) is 0 Å². The van der Waals surface area contributed by atoms with Gasteiger partial charge >= 0.3 is 0 Å². The molecule has 1 amide bonds. The molecule has 5 nitrogen and oxygen atoms in total. The van der Waals surface area contributed by atoms with E-state index >= 15 is 0 Å². The maximum Gasteiger partial charge on any atom is 0.294 e. The van der Waals surface area contributed by atoms with Crippen LogP contribution in [-0.2, 0) is 9.59 Å². The molecule has 3 rings (SSSR count). The minimum absolute atomic E-state index is 0.0971. The Bertz CT molecular complexity index is 877. The standard InChI is InChI=1S/C19H17ClN2O3/c1-3-15(23)16-17(12-6-5-9-21-10-12)22(19(25)18(16)24)14-8-4-7-13(20)11(14)2/h4-10,17,24H,3H2,1-2H3. The van der Waals surface area contributed by atoms with Crippen LogP contribution < -0.4 is 4.90 Å². The Morgan fingerprint density at radius 3 is 2.72 bits per heavy atom. The number of aliphatic hydroxyl groups excluding tert-OH is 1. The summed E-state index contributed by atoms with van der Waals surface area (Å²) in [7, 11) is 0. The average molecular weight is 357 g/mol. The third kappa shape index (κ3) is 2.81. The van der Waals surface area contributed by atoms with Gasteiger partial charge in [0, 0.05) is 29.5 Å². The highest BCUT2D eigenvalue weighted by Gasteiger charge is 2.44. The number of benzene rings is 1. The third-order valence-corrected chi connectivity index (χ3v) is 4.74. The lowest BCUT2D eigenvalue weighted by Crippen LogP contribution is -2.31. The van der Waals surface area contributed by atoms with Crippen molar-refractivity contribution >= 4 is 29.0 Å². The summed E-state index contributed by atoms with van der Waals surface area (Å²) in [6.07, 6.45) is 3.39. The maximum atomic E-state index is 12.8. The van der Waals surface area contributed by atoms with E-state index in [9.17, 15) is 14.7 Å². The number of ketones is 1. The lowest BCUT2D eigenvalue weighted by Gasteiger charge is -2.28. The van der Waals surface area contributed by atoms with Gasteiger partial charge in [0.05, 0.1) is 11.6 Å². The Balaban J connectivity index is 2.23. The Hall–Kier alpha value is -2.66. The van der Waals surface area contributed by atoms with Crippen LogP contribution in [0.1, 0.15) is 30.5 Å². The molecule has 128 valence electrons. The number of carbonyl (C=O) groups is 2. The SMILES string of the molecule is CCC(=O)C1=C(O)C(=O)N(c2cccc(Cl)c2C)C1c1cccnc1. The molecule has 1 aliphatic heterocycles. The van der Waals surface area contributed by atoms with Crippen LogP contribution in [0.25, 0.3) is 0 Å². The third-order valence-electron chi connectivity index (χ3n) is 4.33. The molecule has 1 N–H and O–H groups in total. The Labute approximate surface area is 150 Å². The van der Waals surface area contributed by atoms with Crippen LogP contribution in [0.5, 0.6) is 0 Å². The number of carbonyl (C=O) groups excluding carboxylic acids is 2. The van der Waals surface area contributed by atoms with Crippen molar-refractivity contribution in [2.45, 2.75) is 26.3 Å². The van der Waals surface area contributed by atoms with Crippen molar-refractivity contribution in [2.24, 2.45) is 0 Å². The molecule has 2 aromatic rings. The molecule has 0 bridgehead atoms. The molecule has 1 aromatic carbocycles. The van der Waals surface area contributed by atoms with Gasteiger partial charge in [-0.25, -0.2) is 0 Å². The van der Waals surface area contributed by atoms with Crippen LogP contribution in [0, 0.1) is 6.92 Å². The second-order valence-corrected chi connectivity index (χ2v) is 6.19. The van der Waals surface area contributed by atoms with E-state index < -0.39 is 17.7 Å². The van der Waals surface area contributed by atoms with Gasteiger partial charge in [-0.05, 0) is 36.2 Å². The van der Waals surface area contributed by atoms with Crippen LogP contribution in [0.2, 0.25) is 5.02 Å². The predicted molar refractivity (Wildman–Crippen MR) is 95.6 cm³/mol. The number of aliphatic hydroxyl groups is 1. The van der Waals surface area contributed by atoms with Gasteiger partial charge in [-0.3, -0.25) is 19.5 Å². The zero-order valence-electron chi connectivity index (χ0n) is 13.9. The average Bonchev–Trinajstić information content (AvgIpc) is 2.89. The summed E-state index contributed by atoms with van der Waals surface area (Å²) in [4.78, 5) is 30.7. The van der Waals surface area contributed by atoms with E-state index in [1.54, 1.807) is 56.6 Å². The van der Waals surface area contributed by atoms with Crippen molar-refractivity contribution in [1.82, 2.24) is 4.98 Å². The lowest BCUT2D eigenvalue weighted by atomic mass is 9.95. The smallest absolute Gasteiger partial charge is 0.294 e. The van der Waals surface area contributed by atoms with Gasteiger partial charge in [0.25, 0.3) is 5.91 Å². The van der Waals surface area contributed by atoms with E-state index in [-0.39, 0.29) is 17.8 Å². The first-order valence-electron chi connectivity index (χ1n) is 7.92. The van der Waals surface area contributed by atoms with Gasteiger partial charge in [-0.1, -0.05) is 30.7 Å². The molecule has 1 unspecified atom stereocenters. The minimum Gasteiger partial charge on any atom is -0.503 e. The van der Waals surface area contributed by atoms with Gasteiger partial charge in [0.15, 0.2) is 11.5 Å². The highest BCUT2D eigenvalue weighted by atomic mass is 35.5. The molecule has 0 spiro atoms. The van der Waals surface area contributed by atoms with Gasteiger partial charge in [0.1, 0.15) is 0 Å². The highest BCUT2D eigenvalue weighted by molar-refractivity contribution is 6.32.